The average molecular weight is 769 g/mol. The number of para-hydroxylation sites is 1. The number of carbonyl (C=O) groups is 4. The maximum atomic E-state index is 14.3. The van der Waals surface area contributed by atoms with E-state index in [1.165, 1.54) is 16.3 Å². The molecule has 17 heteroatoms. The van der Waals surface area contributed by atoms with Crippen LogP contribution in [0.3, 0.4) is 0 Å². The molecule has 0 spiro atoms. The number of nitrogen functional groups attached to an aromatic ring is 1. The molecule has 52 heavy (non-hydrogen) atoms. The highest BCUT2D eigenvalue weighted by atomic mass is 35.5. The predicted octanol–water partition coefficient (Wildman–Crippen LogP) is 4.02. The van der Waals surface area contributed by atoms with Gasteiger partial charge in [0.15, 0.2) is 5.13 Å². The van der Waals surface area contributed by atoms with Gasteiger partial charge >= 0.3 is 12.1 Å². The second kappa shape index (κ2) is 15.9. The number of nitrogens with zero attached hydrogens (tertiary/aromatic N) is 6. The van der Waals surface area contributed by atoms with Crippen LogP contribution in [-0.2, 0) is 29.1 Å². The summed E-state index contributed by atoms with van der Waals surface area (Å²) in [6.45, 7) is 1.56. The topological polar surface area (TPSA) is 157 Å². The number of rotatable bonds is 11. The normalized spacial score (nSPS) is 17.5. The smallest absolute Gasteiger partial charge is 0.410 e. The Morgan fingerprint density at radius 2 is 1.77 bits per heavy atom. The number of aromatic nitrogens is 1. The molecule has 4 aromatic rings. The van der Waals surface area contributed by atoms with Crippen molar-refractivity contribution in [2.24, 2.45) is 0 Å². The van der Waals surface area contributed by atoms with E-state index in [9.17, 15) is 19.2 Å². The molecule has 0 saturated carbocycles. The standard InChI is InChI=1S/C35H39Cl2N9O5S/c1-42(2)14-13-39-35(50)51-24-10-7-21(8-11-24)16-27-32(48)44(18-23-5-4-6-28-31(23)41-33(38)52-28)19-29-45(20-30(47)46(27)29)43(3)34(49)40-17-22-9-12-25(36)26(37)15-22/h4-12,15,27,29H,13-14,16-20H2,1-3H3,(H2,38,41)(H,39,50)(H,40,49)/t27-,29+/m0/s1. The molecule has 274 valence electrons. The van der Waals surface area contributed by atoms with Gasteiger partial charge in [0.1, 0.15) is 18.0 Å². The molecule has 2 aliphatic rings. The summed E-state index contributed by atoms with van der Waals surface area (Å²) in [7, 11) is 5.40. The lowest BCUT2D eigenvalue weighted by Gasteiger charge is -2.45. The molecule has 2 fully saturated rings. The number of urea groups is 1. The summed E-state index contributed by atoms with van der Waals surface area (Å²) in [6, 6.07) is 16.4. The quantitative estimate of drug-likeness (QED) is 0.205. The van der Waals surface area contributed by atoms with E-state index < -0.39 is 24.3 Å². The van der Waals surface area contributed by atoms with E-state index in [1.807, 2.05) is 37.2 Å². The molecule has 5 amide bonds. The SMILES string of the molecule is CN(C)CCNC(=O)Oc1ccc(C[C@H]2C(=O)N(Cc3cccc4sc(N)nc34)C[C@H]3N2C(=O)CN3N(C)C(=O)NCc2ccc(Cl)c(Cl)c2)cc1. The number of thiazole rings is 1. The summed E-state index contributed by atoms with van der Waals surface area (Å²) >= 11 is 13.6. The monoisotopic (exact) mass is 767 g/mol. The van der Waals surface area contributed by atoms with Crippen molar-refractivity contribution in [1.29, 1.82) is 0 Å². The number of amides is 5. The largest absolute Gasteiger partial charge is 0.412 e. The highest BCUT2D eigenvalue weighted by Gasteiger charge is 2.51. The minimum Gasteiger partial charge on any atom is -0.410 e. The van der Waals surface area contributed by atoms with Crippen LogP contribution in [0.2, 0.25) is 10.0 Å². The number of nitrogens with one attached hydrogen (secondary N) is 2. The number of likely N-dealkylation sites (N-methyl/N-ethyl adjacent to an activating group) is 1. The second-order valence-corrected chi connectivity index (χ2v) is 14.7. The Morgan fingerprint density at radius 3 is 2.50 bits per heavy atom. The Bertz CT molecular complexity index is 1980. The summed E-state index contributed by atoms with van der Waals surface area (Å²) in [5.41, 5.74) is 9.07. The fourth-order valence-corrected chi connectivity index (χ4v) is 7.41. The van der Waals surface area contributed by atoms with Crippen molar-refractivity contribution in [3.8, 4) is 5.75 Å². The molecule has 3 aromatic carbocycles. The van der Waals surface area contributed by atoms with E-state index in [1.54, 1.807) is 64.3 Å². The van der Waals surface area contributed by atoms with Crippen LogP contribution >= 0.6 is 34.5 Å². The number of benzene rings is 3. The van der Waals surface area contributed by atoms with Crippen molar-refractivity contribution in [2.45, 2.75) is 31.7 Å². The summed E-state index contributed by atoms with van der Waals surface area (Å²) < 4.78 is 6.31. The van der Waals surface area contributed by atoms with Crippen LogP contribution < -0.4 is 21.1 Å². The maximum Gasteiger partial charge on any atom is 0.412 e. The van der Waals surface area contributed by atoms with Crippen LogP contribution in [0, 0.1) is 0 Å². The molecule has 0 radical (unpaired) electrons. The van der Waals surface area contributed by atoms with E-state index >= 15 is 0 Å². The first-order valence-corrected chi connectivity index (χ1v) is 18.1. The van der Waals surface area contributed by atoms with Crippen molar-refractivity contribution >= 4 is 73.8 Å². The van der Waals surface area contributed by atoms with E-state index in [4.69, 9.17) is 33.7 Å². The zero-order valence-electron chi connectivity index (χ0n) is 28.8. The zero-order valence-corrected chi connectivity index (χ0v) is 31.2. The number of hydrazine groups is 1. The van der Waals surface area contributed by atoms with E-state index in [2.05, 4.69) is 15.6 Å². The summed E-state index contributed by atoms with van der Waals surface area (Å²) in [4.78, 5) is 63.5. The molecule has 1 aromatic heterocycles. The molecule has 0 bridgehead atoms. The van der Waals surface area contributed by atoms with Crippen molar-refractivity contribution in [3.63, 3.8) is 0 Å². The second-order valence-electron chi connectivity index (χ2n) is 12.8. The Kier molecular flexibility index (Phi) is 11.4. The number of hydrogen-bond acceptors (Lipinski definition) is 10. The van der Waals surface area contributed by atoms with E-state index in [-0.39, 0.29) is 44.4 Å². The molecule has 3 heterocycles. The van der Waals surface area contributed by atoms with Crippen LogP contribution in [-0.4, -0.2) is 113 Å². The third-order valence-corrected chi connectivity index (χ3v) is 10.5. The highest BCUT2D eigenvalue weighted by Crippen LogP contribution is 2.32. The Morgan fingerprint density at radius 1 is 1.02 bits per heavy atom. The Labute approximate surface area is 314 Å². The minimum atomic E-state index is -0.871. The first-order valence-electron chi connectivity index (χ1n) is 16.5. The van der Waals surface area contributed by atoms with Gasteiger partial charge in [-0.15, -0.1) is 0 Å². The van der Waals surface area contributed by atoms with Gasteiger partial charge in [-0.2, -0.15) is 5.01 Å². The number of carbonyl (C=O) groups excluding carboxylic acids is 4. The predicted molar refractivity (Wildman–Crippen MR) is 200 cm³/mol. The van der Waals surface area contributed by atoms with Crippen LogP contribution in [0.25, 0.3) is 10.2 Å². The van der Waals surface area contributed by atoms with Gasteiger partial charge < -0.3 is 35.8 Å². The molecule has 0 unspecified atom stereocenters. The molecular formula is C35H39Cl2N9O5S. The fourth-order valence-electron chi connectivity index (χ4n) is 6.31. The zero-order chi connectivity index (χ0) is 37.1. The molecule has 4 N–H and O–H groups in total. The summed E-state index contributed by atoms with van der Waals surface area (Å²) in [5, 5.41) is 9.84. The number of nitrogens with two attached hydrogens (primary N) is 1. The number of piperazine rings is 1. The number of hydrogen-bond donors (Lipinski definition) is 3. The first-order chi connectivity index (χ1) is 24.9. The number of anilines is 1. The third-order valence-electron chi connectivity index (χ3n) is 8.95. The van der Waals surface area contributed by atoms with Crippen molar-refractivity contribution in [2.75, 3.05) is 53.1 Å². The fraction of sp³-hybridized carbons (Fsp3) is 0.343. The van der Waals surface area contributed by atoms with Gasteiger partial charge in [0.25, 0.3) is 0 Å². The lowest BCUT2D eigenvalue weighted by molar-refractivity contribution is -0.157. The van der Waals surface area contributed by atoms with Gasteiger partial charge in [-0.05, 0) is 61.1 Å². The van der Waals surface area contributed by atoms with E-state index in [0.717, 1.165) is 26.9 Å². The highest BCUT2D eigenvalue weighted by molar-refractivity contribution is 7.22. The molecule has 2 atom stereocenters. The molecule has 2 saturated heterocycles. The third kappa shape index (κ3) is 8.34. The number of halogens is 2. The number of ether oxygens (including phenoxy) is 1. The summed E-state index contributed by atoms with van der Waals surface area (Å²) in [5.74, 6) is -0.178. The van der Waals surface area contributed by atoms with Gasteiger partial charge in [0, 0.05) is 39.6 Å². The molecule has 14 nitrogen and oxygen atoms in total. The van der Waals surface area contributed by atoms with Crippen LogP contribution in [0.1, 0.15) is 16.7 Å². The van der Waals surface area contributed by atoms with Crippen molar-refractivity contribution < 1.29 is 23.9 Å². The Hall–Kier alpha value is -4.67. The molecule has 6 rings (SSSR count). The van der Waals surface area contributed by atoms with E-state index in [0.29, 0.717) is 34.0 Å². The van der Waals surface area contributed by atoms with Crippen LogP contribution in [0.4, 0.5) is 14.7 Å². The van der Waals surface area contributed by atoms with Gasteiger partial charge in [-0.1, -0.05) is 64.9 Å². The van der Waals surface area contributed by atoms with Gasteiger partial charge in [0.05, 0.1) is 33.4 Å². The van der Waals surface area contributed by atoms with Crippen LogP contribution in [0.5, 0.6) is 5.75 Å². The van der Waals surface area contributed by atoms with Crippen LogP contribution in [0.15, 0.2) is 60.7 Å². The molecule has 2 aliphatic heterocycles. The van der Waals surface area contributed by atoms with Gasteiger partial charge in [-0.25, -0.2) is 14.6 Å². The molecular weight excluding hydrogens is 729 g/mol. The Balaban J connectivity index is 1.22. The lowest BCUT2D eigenvalue weighted by atomic mass is 9.99. The lowest BCUT2D eigenvalue weighted by Crippen LogP contribution is -2.65. The number of fused-ring (bicyclic) bond motifs is 2. The summed E-state index contributed by atoms with van der Waals surface area (Å²) in [6.07, 6.45) is -1.01. The first kappa shape index (κ1) is 37.1. The van der Waals surface area contributed by atoms with Gasteiger partial charge in [0.2, 0.25) is 11.8 Å². The maximum absolute atomic E-state index is 14.3. The minimum absolute atomic E-state index is 0.104. The van der Waals surface area contributed by atoms with Crippen molar-refractivity contribution in [3.05, 3.63) is 87.4 Å². The van der Waals surface area contributed by atoms with Crippen molar-refractivity contribution in [1.82, 2.24) is 40.3 Å². The van der Waals surface area contributed by atoms with Gasteiger partial charge in [-0.3, -0.25) is 14.6 Å². The average Bonchev–Trinajstić information content (AvgIpc) is 3.66. The molecule has 0 aliphatic carbocycles.